The molecule has 0 bridgehead atoms. The van der Waals surface area contributed by atoms with Crippen molar-refractivity contribution in [3.63, 3.8) is 0 Å². The fourth-order valence-electron chi connectivity index (χ4n) is 3.29. The summed E-state index contributed by atoms with van der Waals surface area (Å²) >= 11 is 0. The maximum atomic E-state index is 11.4. The van der Waals surface area contributed by atoms with Gasteiger partial charge in [-0.3, -0.25) is 10.1 Å². The Morgan fingerprint density at radius 3 is 2.42 bits per heavy atom. The number of nitro benzene ring substituents is 1. The molecule has 0 N–H and O–H groups in total. The van der Waals surface area contributed by atoms with E-state index in [9.17, 15) is 10.1 Å². The van der Waals surface area contributed by atoms with Crippen molar-refractivity contribution in [2.24, 2.45) is 0 Å². The normalized spacial score (nSPS) is 21.1. The van der Waals surface area contributed by atoms with Crippen molar-refractivity contribution >= 4 is 11.4 Å². The van der Waals surface area contributed by atoms with E-state index in [1.165, 1.54) is 0 Å². The predicted molar refractivity (Wildman–Crippen MR) is 91.9 cm³/mol. The summed E-state index contributed by atoms with van der Waals surface area (Å²) in [7, 11) is 0. The number of anilines is 1. The highest BCUT2D eigenvalue weighted by atomic mass is 16.6. The number of nitrogens with zero attached hydrogens (tertiary/aromatic N) is 4. The largest absolute Gasteiger partial charge is 0.372 e. The molecule has 24 heavy (non-hydrogen) atoms. The zero-order valence-electron chi connectivity index (χ0n) is 14.4. The quantitative estimate of drug-likeness (QED) is 0.639. The van der Waals surface area contributed by atoms with E-state index in [4.69, 9.17) is 4.74 Å². The molecule has 2 heterocycles. The fraction of sp³-hybridized carbons (Fsp3) is 0.471. The summed E-state index contributed by atoms with van der Waals surface area (Å²) in [6.07, 6.45) is 0.252. The highest BCUT2D eigenvalue weighted by Crippen LogP contribution is 2.30. The molecular formula is C17H22N4O3. The molecule has 1 aromatic carbocycles. The summed E-state index contributed by atoms with van der Waals surface area (Å²) in [6, 6.07) is 7.13. The summed E-state index contributed by atoms with van der Waals surface area (Å²) < 4.78 is 7.41. The van der Waals surface area contributed by atoms with E-state index in [-0.39, 0.29) is 22.8 Å². The van der Waals surface area contributed by atoms with Crippen molar-refractivity contribution in [1.29, 1.82) is 0 Å². The van der Waals surface area contributed by atoms with Crippen LogP contribution in [-0.4, -0.2) is 40.0 Å². The van der Waals surface area contributed by atoms with Gasteiger partial charge in [0.15, 0.2) is 0 Å². The fourth-order valence-corrected chi connectivity index (χ4v) is 3.29. The first-order valence-corrected chi connectivity index (χ1v) is 8.07. The number of ether oxygens (including phenoxy) is 1. The topological polar surface area (TPSA) is 73.4 Å². The molecule has 1 aliphatic heterocycles. The van der Waals surface area contributed by atoms with Crippen LogP contribution in [0.5, 0.6) is 0 Å². The maximum absolute atomic E-state index is 11.4. The smallest absolute Gasteiger partial charge is 0.295 e. The van der Waals surface area contributed by atoms with Gasteiger partial charge in [0.25, 0.3) is 5.69 Å². The number of aryl methyl sites for hydroxylation is 2. The Labute approximate surface area is 141 Å². The molecule has 7 nitrogen and oxygen atoms in total. The average molecular weight is 330 g/mol. The molecule has 0 saturated carbocycles. The van der Waals surface area contributed by atoms with Crippen molar-refractivity contribution < 1.29 is 9.66 Å². The van der Waals surface area contributed by atoms with Crippen LogP contribution in [-0.2, 0) is 4.74 Å². The number of rotatable bonds is 3. The standard InChI is InChI=1S/C17H22N4O3/c1-11-7-12(2)20(18-11)17-8-15(5-6-16(17)21(22)23)19-9-13(3)24-14(4)10-19/h5-8,13-14H,9-10H2,1-4H3/t13-,14+. The SMILES string of the molecule is Cc1cc(C)n(-c2cc(N3C[C@@H](C)O[C@@H](C)C3)ccc2[N+](=O)[O-])n1. The van der Waals surface area contributed by atoms with E-state index in [0.717, 1.165) is 30.2 Å². The van der Waals surface area contributed by atoms with Gasteiger partial charge < -0.3 is 9.64 Å². The molecule has 3 rings (SSSR count). The second-order valence-corrected chi connectivity index (χ2v) is 6.43. The molecule has 2 aromatic rings. The average Bonchev–Trinajstić information content (AvgIpc) is 2.84. The third-order valence-electron chi connectivity index (χ3n) is 4.18. The van der Waals surface area contributed by atoms with E-state index in [0.29, 0.717) is 5.69 Å². The minimum absolute atomic E-state index is 0.0549. The summed E-state index contributed by atoms with van der Waals surface area (Å²) in [5, 5.41) is 15.8. The molecule has 1 aromatic heterocycles. The van der Waals surface area contributed by atoms with Gasteiger partial charge in [0.1, 0.15) is 5.69 Å². The zero-order chi connectivity index (χ0) is 17.4. The molecular weight excluding hydrogens is 308 g/mol. The minimum atomic E-state index is -0.361. The predicted octanol–water partition coefficient (Wildman–Crippen LogP) is 3.01. The lowest BCUT2D eigenvalue weighted by Gasteiger charge is -2.37. The van der Waals surface area contributed by atoms with E-state index in [1.807, 2.05) is 39.8 Å². The van der Waals surface area contributed by atoms with Crippen LogP contribution >= 0.6 is 0 Å². The molecule has 0 aliphatic carbocycles. The molecule has 7 heteroatoms. The van der Waals surface area contributed by atoms with Gasteiger partial charge in [-0.1, -0.05) is 0 Å². The van der Waals surface area contributed by atoms with Crippen molar-refractivity contribution in [2.75, 3.05) is 18.0 Å². The summed E-state index contributed by atoms with van der Waals surface area (Å²) in [5.41, 5.74) is 3.21. The molecule has 1 saturated heterocycles. The minimum Gasteiger partial charge on any atom is -0.372 e. The zero-order valence-corrected chi connectivity index (χ0v) is 14.4. The Morgan fingerprint density at radius 2 is 1.88 bits per heavy atom. The van der Waals surface area contributed by atoms with Crippen molar-refractivity contribution in [2.45, 2.75) is 39.9 Å². The van der Waals surface area contributed by atoms with Crippen LogP contribution in [0.15, 0.2) is 24.3 Å². The number of benzene rings is 1. The molecule has 0 spiro atoms. The first-order chi connectivity index (χ1) is 11.3. The Kier molecular flexibility index (Phi) is 4.28. The van der Waals surface area contributed by atoms with Gasteiger partial charge >= 0.3 is 0 Å². The van der Waals surface area contributed by atoms with Gasteiger partial charge in [0, 0.05) is 30.5 Å². The number of aromatic nitrogens is 2. The van der Waals surface area contributed by atoms with E-state index in [2.05, 4.69) is 10.00 Å². The van der Waals surface area contributed by atoms with Crippen LogP contribution < -0.4 is 4.90 Å². The van der Waals surface area contributed by atoms with Crippen LogP contribution in [0.1, 0.15) is 25.2 Å². The molecule has 0 amide bonds. The van der Waals surface area contributed by atoms with Crippen LogP contribution in [0.4, 0.5) is 11.4 Å². The van der Waals surface area contributed by atoms with Crippen LogP contribution in [0.25, 0.3) is 5.69 Å². The third kappa shape index (κ3) is 3.12. The molecule has 0 radical (unpaired) electrons. The van der Waals surface area contributed by atoms with Crippen molar-refractivity contribution in [3.05, 3.63) is 45.8 Å². The lowest BCUT2D eigenvalue weighted by molar-refractivity contribution is -0.384. The highest BCUT2D eigenvalue weighted by molar-refractivity contribution is 5.63. The molecule has 0 unspecified atom stereocenters. The van der Waals surface area contributed by atoms with Crippen molar-refractivity contribution in [3.8, 4) is 5.69 Å². The Hall–Kier alpha value is -2.41. The highest BCUT2D eigenvalue weighted by Gasteiger charge is 2.25. The summed E-state index contributed by atoms with van der Waals surface area (Å²) in [4.78, 5) is 13.3. The monoisotopic (exact) mass is 330 g/mol. The van der Waals surface area contributed by atoms with Gasteiger partial charge in [-0.25, -0.2) is 4.68 Å². The second-order valence-electron chi connectivity index (χ2n) is 6.43. The first-order valence-electron chi connectivity index (χ1n) is 8.07. The molecule has 128 valence electrons. The Balaban J connectivity index is 2.06. The van der Waals surface area contributed by atoms with Crippen LogP contribution in [0.3, 0.4) is 0 Å². The van der Waals surface area contributed by atoms with E-state index in [1.54, 1.807) is 16.8 Å². The third-order valence-corrected chi connectivity index (χ3v) is 4.18. The molecule has 2 atom stereocenters. The van der Waals surface area contributed by atoms with Gasteiger partial charge in [0.2, 0.25) is 0 Å². The van der Waals surface area contributed by atoms with Gasteiger partial charge in [-0.2, -0.15) is 5.10 Å². The van der Waals surface area contributed by atoms with Gasteiger partial charge in [-0.05, 0) is 45.9 Å². The molecule has 1 fully saturated rings. The Bertz CT molecular complexity index is 761. The number of hydrogen-bond donors (Lipinski definition) is 0. The lowest BCUT2D eigenvalue weighted by atomic mass is 10.1. The molecule has 1 aliphatic rings. The number of nitro groups is 1. The van der Waals surface area contributed by atoms with Gasteiger partial charge in [0.05, 0.1) is 22.8 Å². The van der Waals surface area contributed by atoms with E-state index >= 15 is 0 Å². The Morgan fingerprint density at radius 1 is 1.21 bits per heavy atom. The first kappa shape index (κ1) is 16.4. The van der Waals surface area contributed by atoms with Gasteiger partial charge in [-0.15, -0.1) is 0 Å². The van der Waals surface area contributed by atoms with Crippen molar-refractivity contribution in [1.82, 2.24) is 9.78 Å². The number of morpholine rings is 1. The lowest BCUT2D eigenvalue weighted by Crippen LogP contribution is -2.45. The summed E-state index contributed by atoms with van der Waals surface area (Å²) in [6.45, 7) is 9.38. The van der Waals surface area contributed by atoms with Crippen LogP contribution in [0.2, 0.25) is 0 Å². The number of hydrogen-bond acceptors (Lipinski definition) is 5. The maximum Gasteiger partial charge on any atom is 0.295 e. The second kappa shape index (κ2) is 6.24. The van der Waals surface area contributed by atoms with Crippen LogP contribution in [0, 0.1) is 24.0 Å². The van der Waals surface area contributed by atoms with E-state index < -0.39 is 0 Å². The summed E-state index contributed by atoms with van der Waals surface area (Å²) in [5.74, 6) is 0.